The van der Waals surface area contributed by atoms with Crippen LogP contribution in [-0.2, 0) is 17.8 Å². The maximum atomic E-state index is 11.5. The molecule has 0 amide bonds. The molecule has 4 nitrogen and oxygen atoms in total. The number of hydrogen-bond donors (Lipinski definition) is 3. The van der Waals surface area contributed by atoms with E-state index >= 15 is 0 Å². The Bertz CT molecular complexity index is 640. The van der Waals surface area contributed by atoms with Gasteiger partial charge in [-0.15, -0.1) is 0 Å². The lowest BCUT2D eigenvalue weighted by Gasteiger charge is -2.16. The highest BCUT2D eigenvalue weighted by Gasteiger charge is 2.20. The van der Waals surface area contributed by atoms with Gasteiger partial charge >= 0.3 is 5.97 Å². The zero-order chi connectivity index (χ0) is 14.7. The van der Waals surface area contributed by atoms with Crippen LogP contribution in [0.25, 0.3) is 0 Å². The summed E-state index contributed by atoms with van der Waals surface area (Å²) in [6.07, 6.45) is 1.03. The molecule has 1 aliphatic rings. The minimum absolute atomic E-state index is 0.530. The van der Waals surface area contributed by atoms with Crippen LogP contribution >= 0.6 is 0 Å². The van der Waals surface area contributed by atoms with Crippen molar-refractivity contribution in [1.29, 1.82) is 0 Å². The van der Waals surface area contributed by atoms with Gasteiger partial charge in [0.2, 0.25) is 0 Å². The van der Waals surface area contributed by atoms with E-state index < -0.39 is 12.0 Å². The van der Waals surface area contributed by atoms with E-state index in [9.17, 15) is 9.90 Å². The van der Waals surface area contributed by atoms with Crippen molar-refractivity contribution in [3.05, 3.63) is 65.2 Å². The molecule has 0 spiro atoms. The van der Waals surface area contributed by atoms with Crippen LogP contribution in [0.4, 0.5) is 5.69 Å². The van der Waals surface area contributed by atoms with Crippen molar-refractivity contribution in [3.8, 4) is 0 Å². The molecule has 0 aliphatic carbocycles. The third-order valence-electron chi connectivity index (χ3n) is 3.81. The van der Waals surface area contributed by atoms with Gasteiger partial charge in [0.05, 0.1) is 0 Å². The van der Waals surface area contributed by atoms with Gasteiger partial charge in [-0.25, -0.2) is 0 Å². The zero-order valence-electron chi connectivity index (χ0n) is 11.7. The van der Waals surface area contributed by atoms with Gasteiger partial charge in [0.15, 0.2) is 0 Å². The van der Waals surface area contributed by atoms with Crippen molar-refractivity contribution in [1.82, 2.24) is 5.32 Å². The fraction of sp³-hybridized carbons (Fsp3) is 0.235. The van der Waals surface area contributed by atoms with Crippen LogP contribution in [0.5, 0.6) is 0 Å². The van der Waals surface area contributed by atoms with Gasteiger partial charge in [-0.1, -0.05) is 48.5 Å². The van der Waals surface area contributed by atoms with Gasteiger partial charge in [-0.3, -0.25) is 10.1 Å². The van der Waals surface area contributed by atoms with Gasteiger partial charge in [0, 0.05) is 18.8 Å². The maximum absolute atomic E-state index is 11.5. The van der Waals surface area contributed by atoms with E-state index in [0.29, 0.717) is 6.54 Å². The molecule has 0 aromatic heterocycles. The van der Waals surface area contributed by atoms with Crippen LogP contribution in [0.2, 0.25) is 0 Å². The molecule has 108 valence electrons. The summed E-state index contributed by atoms with van der Waals surface area (Å²) in [6.45, 7) is 1.48. The first kappa shape index (κ1) is 13.6. The summed E-state index contributed by atoms with van der Waals surface area (Å²) in [5.41, 5.74) is 4.35. The highest BCUT2D eigenvalue weighted by Crippen LogP contribution is 2.26. The molecule has 0 fully saturated rings. The van der Waals surface area contributed by atoms with Crippen LogP contribution in [-0.4, -0.2) is 17.6 Å². The second-order valence-electron chi connectivity index (χ2n) is 5.19. The predicted octanol–water partition coefficient (Wildman–Crippen LogP) is 2.57. The lowest BCUT2D eigenvalue weighted by atomic mass is 10.0. The minimum atomic E-state index is -0.860. The SMILES string of the molecule is O=C(O)C(NCc1cccc2c1NCC2)c1ccccc1. The smallest absolute Gasteiger partial charge is 0.325 e. The normalized spacial score (nSPS) is 14.3. The molecule has 1 atom stereocenters. The second kappa shape index (κ2) is 5.97. The second-order valence-corrected chi connectivity index (χ2v) is 5.19. The first-order valence-electron chi connectivity index (χ1n) is 7.11. The standard InChI is InChI=1S/C17H18N2O2/c20-17(21)16(12-5-2-1-3-6-12)19-11-14-8-4-7-13-9-10-18-15(13)14/h1-8,16,18-19H,9-11H2,(H,20,21). The van der Waals surface area contributed by atoms with E-state index in [0.717, 1.165) is 29.8 Å². The van der Waals surface area contributed by atoms with Gasteiger partial charge in [0.1, 0.15) is 6.04 Å². The third-order valence-corrected chi connectivity index (χ3v) is 3.81. The summed E-state index contributed by atoms with van der Waals surface area (Å²) in [6, 6.07) is 14.8. The van der Waals surface area contributed by atoms with Gasteiger partial charge in [0.25, 0.3) is 0 Å². The Balaban J connectivity index is 1.77. The largest absolute Gasteiger partial charge is 0.480 e. The maximum Gasteiger partial charge on any atom is 0.325 e. The number of anilines is 1. The Kier molecular flexibility index (Phi) is 3.88. The number of carboxylic acid groups (broad SMARTS) is 1. The average Bonchev–Trinajstić information content (AvgIpc) is 2.97. The van der Waals surface area contributed by atoms with Crippen molar-refractivity contribution in [3.63, 3.8) is 0 Å². The fourth-order valence-electron chi connectivity index (χ4n) is 2.76. The number of nitrogens with one attached hydrogen (secondary N) is 2. The molecule has 3 N–H and O–H groups in total. The molecule has 1 aliphatic heterocycles. The molecule has 21 heavy (non-hydrogen) atoms. The first-order chi connectivity index (χ1) is 10.3. The summed E-state index contributed by atoms with van der Waals surface area (Å²) >= 11 is 0. The van der Waals surface area contributed by atoms with Crippen molar-refractivity contribution in [2.45, 2.75) is 19.0 Å². The Morgan fingerprint density at radius 1 is 1.19 bits per heavy atom. The molecule has 2 aromatic carbocycles. The number of carboxylic acids is 1. The molecule has 0 saturated carbocycles. The zero-order valence-corrected chi connectivity index (χ0v) is 11.7. The number of fused-ring (bicyclic) bond motifs is 1. The summed E-state index contributed by atoms with van der Waals surface area (Å²) < 4.78 is 0. The number of benzene rings is 2. The highest BCUT2D eigenvalue weighted by atomic mass is 16.4. The monoisotopic (exact) mass is 282 g/mol. The Morgan fingerprint density at radius 3 is 2.76 bits per heavy atom. The summed E-state index contributed by atoms with van der Waals surface area (Å²) in [4.78, 5) is 11.5. The number of rotatable bonds is 5. The van der Waals surface area contributed by atoms with E-state index in [1.807, 2.05) is 42.5 Å². The summed E-state index contributed by atoms with van der Waals surface area (Å²) in [5.74, 6) is -0.860. The summed E-state index contributed by atoms with van der Waals surface area (Å²) in [5, 5.41) is 15.9. The highest BCUT2D eigenvalue weighted by molar-refractivity contribution is 5.75. The fourth-order valence-corrected chi connectivity index (χ4v) is 2.76. The van der Waals surface area contributed by atoms with Gasteiger partial charge in [-0.05, 0) is 23.1 Å². The molecule has 0 radical (unpaired) electrons. The predicted molar refractivity (Wildman–Crippen MR) is 82.3 cm³/mol. The molecule has 1 heterocycles. The van der Waals surface area contributed by atoms with Crippen LogP contribution in [0.15, 0.2) is 48.5 Å². The quantitative estimate of drug-likeness (QED) is 0.789. The van der Waals surface area contributed by atoms with E-state index in [1.165, 1.54) is 5.56 Å². The molecule has 3 rings (SSSR count). The number of aliphatic carboxylic acids is 1. The molecule has 0 saturated heterocycles. The number of para-hydroxylation sites is 1. The van der Waals surface area contributed by atoms with E-state index in [2.05, 4.69) is 16.7 Å². The Hall–Kier alpha value is -2.33. The Labute approximate surface area is 123 Å². The summed E-state index contributed by atoms with van der Waals surface area (Å²) in [7, 11) is 0. The van der Waals surface area contributed by atoms with Crippen molar-refractivity contribution < 1.29 is 9.90 Å². The molecule has 4 heteroatoms. The van der Waals surface area contributed by atoms with Crippen LogP contribution in [0.1, 0.15) is 22.7 Å². The molecular formula is C17H18N2O2. The van der Waals surface area contributed by atoms with Crippen LogP contribution in [0.3, 0.4) is 0 Å². The lowest BCUT2D eigenvalue weighted by Crippen LogP contribution is -2.28. The minimum Gasteiger partial charge on any atom is -0.480 e. The topological polar surface area (TPSA) is 61.4 Å². The third kappa shape index (κ3) is 2.90. The number of hydrogen-bond acceptors (Lipinski definition) is 3. The van der Waals surface area contributed by atoms with Crippen molar-refractivity contribution >= 4 is 11.7 Å². The lowest BCUT2D eigenvalue weighted by molar-refractivity contribution is -0.139. The van der Waals surface area contributed by atoms with Crippen molar-refractivity contribution in [2.24, 2.45) is 0 Å². The van der Waals surface area contributed by atoms with E-state index in [-0.39, 0.29) is 0 Å². The molecule has 1 unspecified atom stereocenters. The van der Waals surface area contributed by atoms with Gasteiger partial charge in [-0.2, -0.15) is 0 Å². The first-order valence-corrected chi connectivity index (χ1v) is 7.11. The van der Waals surface area contributed by atoms with Crippen LogP contribution in [0, 0.1) is 0 Å². The van der Waals surface area contributed by atoms with E-state index in [1.54, 1.807) is 0 Å². The molecule has 0 bridgehead atoms. The van der Waals surface area contributed by atoms with Crippen LogP contribution < -0.4 is 10.6 Å². The van der Waals surface area contributed by atoms with E-state index in [4.69, 9.17) is 0 Å². The Morgan fingerprint density at radius 2 is 2.00 bits per heavy atom. The van der Waals surface area contributed by atoms with Gasteiger partial charge < -0.3 is 10.4 Å². The molecule has 2 aromatic rings. The van der Waals surface area contributed by atoms with Crippen molar-refractivity contribution in [2.75, 3.05) is 11.9 Å². The molecular weight excluding hydrogens is 264 g/mol. The average molecular weight is 282 g/mol. The number of carbonyl (C=O) groups is 1.